The molecule has 0 atom stereocenters. The molecule has 3 rings (SSSR count). The van der Waals surface area contributed by atoms with Gasteiger partial charge in [0.05, 0.1) is 5.69 Å². The number of aryl methyl sites for hydroxylation is 2. The van der Waals surface area contributed by atoms with E-state index in [1.807, 2.05) is 27.7 Å². The number of aromatic nitrogens is 2. The highest BCUT2D eigenvalue weighted by Crippen LogP contribution is 2.42. The molecule has 0 unspecified atom stereocenters. The van der Waals surface area contributed by atoms with E-state index in [1.165, 1.54) is 0 Å². The number of fused-ring (bicyclic) bond motifs is 1. The van der Waals surface area contributed by atoms with E-state index >= 15 is 0 Å². The maximum absolute atomic E-state index is 12.3. The number of carbonyl (C=O) groups is 1. The van der Waals surface area contributed by atoms with Crippen LogP contribution in [0.3, 0.4) is 0 Å². The van der Waals surface area contributed by atoms with Crippen molar-refractivity contribution < 1.29 is 9.53 Å². The lowest BCUT2D eigenvalue weighted by Crippen LogP contribution is -2.47. The summed E-state index contributed by atoms with van der Waals surface area (Å²) in [7, 11) is 0. The molecule has 6 heteroatoms. The zero-order chi connectivity index (χ0) is 17.5. The molecule has 1 N–H and O–H groups in total. The fraction of sp³-hybridized carbons (Fsp3) is 0.722. The van der Waals surface area contributed by atoms with Crippen molar-refractivity contribution in [2.75, 3.05) is 13.1 Å². The van der Waals surface area contributed by atoms with Crippen LogP contribution < -0.4 is 5.56 Å². The van der Waals surface area contributed by atoms with Crippen molar-refractivity contribution in [2.45, 2.75) is 65.4 Å². The zero-order valence-electron chi connectivity index (χ0n) is 15.1. The Bertz CT molecular complexity index is 694. The molecular weight excluding hydrogens is 306 g/mol. The minimum Gasteiger partial charge on any atom is -0.444 e. The molecule has 6 nitrogen and oxygen atoms in total. The summed E-state index contributed by atoms with van der Waals surface area (Å²) in [5.41, 5.74) is 1.46. The molecule has 1 saturated heterocycles. The van der Waals surface area contributed by atoms with E-state index in [9.17, 15) is 9.59 Å². The molecule has 24 heavy (non-hydrogen) atoms. The second-order valence-corrected chi connectivity index (χ2v) is 8.22. The van der Waals surface area contributed by atoms with E-state index in [1.54, 1.807) is 4.90 Å². The van der Waals surface area contributed by atoms with Crippen molar-refractivity contribution in [3.05, 3.63) is 27.4 Å². The number of aromatic amines is 1. The van der Waals surface area contributed by atoms with Crippen molar-refractivity contribution in [1.82, 2.24) is 14.9 Å². The van der Waals surface area contributed by atoms with Crippen molar-refractivity contribution in [2.24, 2.45) is 5.41 Å². The van der Waals surface area contributed by atoms with E-state index < -0.39 is 5.60 Å². The normalized spacial score (nSPS) is 19.9. The number of H-pyrrole nitrogens is 1. The van der Waals surface area contributed by atoms with Crippen LogP contribution in [0.2, 0.25) is 0 Å². The van der Waals surface area contributed by atoms with Crippen LogP contribution in [0.1, 0.15) is 57.1 Å². The van der Waals surface area contributed by atoms with Crippen LogP contribution in [0, 0.1) is 12.3 Å². The highest BCUT2D eigenvalue weighted by atomic mass is 16.6. The molecule has 1 aliphatic heterocycles. The maximum Gasteiger partial charge on any atom is 0.410 e. The van der Waals surface area contributed by atoms with Crippen LogP contribution in [-0.4, -0.2) is 39.7 Å². The number of carbonyl (C=O) groups excluding carboxylic acids is 1. The van der Waals surface area contributed by atoms with Gasteiger partial charge in [-0.2, -0.15) is 0 Å². The molecule has 2 heterocycles. The molecule has 132 valence electrons. The number of hydrogen-bond acceptors (Lipinski definition) is 4. The predicted octanol–water partition coefficient (Wildman–Crippen LogP) is 2.58. The summed E-state index contributed by atoms with van der Waals surface area (Å²) in [5, 5.41) is 0. The van der Waals surface area contributed by atoms with Gasteiger partial charge in [0.2, 0.25) is 0 Å². The van der Waals surface area contributed by atoms with Crippen LogP contribution in [-0.2, 0) is 17.6 Å². The SMILES string of the molecule is Cc1nc2c(c(=O)[nH]1)CC1(CC2)CCN(C(=O)OC(C)(C)C)CC1. The number of hydrogen-bond donors (Lipinski definition) is 1. The Morgan fingerprint density at radius 3 is 2.54 bits per heavy atom. The standard InChI is InChI=1S/C18H27N3O3/c1-12-19-14-5-6-18(11-13(14)15(22)20-12)7-9-21(10-8-18)16(23)24-17(2,3)4/h5-11H2,1-4H3,(H,19,20,22). The van der Waals surface area contributed by atoms with E-state index in [-0.39, 0.29) is 17.1 Å². The Morgan fingerprint density at radius 1 is 1.25 bits per heavy atom. The third-order valence-electron chi connectivity index (χ3n) is 5.14. The summed E-state index contributed by atoms with van der Waals surface area (Å²) in [6, 6.07) is 0. The van der Waals surface area contributed by atoms with Gasteiger partial charge in [-0.25, -0.2) is 9.78 Å². The summed E-state index contributed by atoms with van der Waals surface area (Å²) in [6.45, 7) is 8.87. The van der Waals surface area contributed by atoms with Gasteiger partial charge in [0.15, 0.2) is 0 Å². The molecule has 0 radical (unpaired) electrons. The summed E-state index contributed by atoms with van der Waals surface area (Å²) in [5.74, 6) is 0.689. The lowest BCUT2D eigenvalue weighted by atomic mass is 9.67. The number of nitrogens with one attached hydrogen (secondary N) is 1. The summed E-state index contributed by atoms with van der Waals surface area (Å²) >= 11 is 0. The highest BCUT2D eigenvalue weighted by molar-refractivity contribution is 5.68. The minimum atomic E-state index is -0.465. The van der Waals surface area contributed by atoms with Gasteiger partial charge in [0.25, 0.3) is 5.56 Å². The third-order valence-corrected chi connectivity index (χ3v) is 5.14. The molecule has 1 aromatic rings. The second-order valence-electron chi connectivity index (χ2n) is 8.22. The Hall–Kier alpha value is -1.85. The first kappa shape index (κ1) is 17.0. The largest absolute Gasteiger partial charge is 0.444 e. The quantitative estimate of drug-likeness (QED) is 0.792. The lowest BCUT2D eigenvalue weighted by Gasteiger charge is -2.44. The van der Waals surface area contributed by atoms with Gasteiger partial charge in [0, 0.05) is 18.7 Å². The molecule has 1 aliphatic carbocycles. The average Bonchev–Trinajstić information content (AvgIpc) is 2.47. The molecule has 1 spiro atoms. The van der Waals surface area contributed by atoms with Gasteiger partial charge >= 0.3 is 6.09 Å². The van der Waals surface area contributed by atoms with Crippen LogP contribution in [0.25, 0.3) is 0 Å². The summed E-state index contributed by atoms with van der Waals surface area (Å²) in [4.78, 5) is 33.6. The van der Waals surface area contributed by atoms with Gasteiger partial charge in [-0.3, -0.25) is 4.79 Å². The second kappa shape index (κ2) is 5.90. The topological polar surface area (TPSA) is 75.3 Å². The van der Waals surface area contributed by atoms with Crippen molar-refractivity contribution in [3.63, 3.8) is 0 Å². The number of amides is 1. The molecule has 0 saturated carbocycles. The molecular formula is C18H27N3O3. The highest BCUT2D eigenvalue weighted by Gasteiger charge is 2.40. The van der Waals surface area contributed by atoms with Gasteiger partial charge in [-0.15, -0.1) is 0 Å². The number of likely N-dealkylation sites (tertiary alicyclic amines) is 1. The fourth-order valence-electron chi connectivity index (χ4n) is 3.82. The van der Waals surface area contributed by atoms with Crippen molar-refractivity contribution in [1.29, 1.82) is 0 Å². The van der Waals surface area contributed by atoms with E-state index in [0.29, 0.717) is 18.9 Å². The first-order chi connectivity index (χ1) is 11.2. The minimum absolute atomic E-state index is 0.00569. The first-order valence-corrected chi connectivity index (χ1v) is 8.74. The Kier molecular flexibility index (Phi) is 4.18. The molecule has 1 aromatic heterocycles. The zero-order valence-corrected chi connectivity index (χ0v) is 15.1. The van der Waals surface area contributed by atoms with Gasteiger partial charge in [-0.1, -0.05) is 0 Å². The predicted molar refractivity (Wildman–Crippen MR) is 91.1 cm³/mol. The van der Waals surface area contributed by atoms with Crippen molar-refractivity contribution in [3.8, 4) is 0 Å². The van der Waals surface area contributed by atoms with Crippen LogP contribution in [0.4, 0.5) is 4.79 Å². The molecule has 1 amide bonds. The number of nitrogens with zero attached hydrogens (tertiary/aromatic N) is 2. The van der Waals surface area contributed by atoms with Crippen LogP contribution in [0.15, 0.2) is 4.79 Å². The maximum atomic E-state index is 12.3. The lowest BCUT2D eigenvalue weighted by molar-refractivity contribution is 0.00800. The Labute approximate surface area is 142 Å². The van der Waals surface area contributed by atoms with E-state index in [0.717, 1.165) is 43.4 Å². The number of ether oxygens (including phenoxy) is 1. The first-order valence-electron chi connectivity index (χ1n) is 8.74. The third kappa shape index (κ3) is 3.47. The monoisotopic (exact) mass is 333 g/mol. The van der Waals surface area contributed by atoms with Crippen LogP contribution >= 0.6 is 0 Å². The average molecular weight is 333 g/mol. The van der Waals surface area contributed by atoms with Gasteiger partial charge in [0.1, 0.15) is 11.4 Å². The van der Waals surface area contributed by atoms with Crippen molar-refractivity contribution >= 4 is 6.09 Å². The summed E-state index contributed by atoms with van der Waals surface area (Å²) in [6.07, 6.45) is 4.26. The van der Waals surface area contributed by atoms with Gasteiger partial charge < -0.3 is 14.6 Å². The molecule has 2 aliphatic rings. The summed E-state index contributed by atoms with van der Waals surface area (Å²) < 4.78 is 5.46. The van der Waals surface area contributed by atoms with E-state index in [2.05, 4.69) is 9.97 Å². The van der Waals surface area contributed by atoms with Gasteiger partial charge in [-0.05, 0) is 65.2 Å². The van der Waals surface area contributed by atoms with E-state index in [4.69, 9.17) is 4.74 Å². The molecule has 0 bridgehead atoms. The van der Waals surface area contributed by atoms with Crippen LogP contribution in [0.5, 0.6) is 0 Å². The number of rotatable bonds is 0. The number of piperidine rings is 1. The fourth-order valence-corrected chi connectivity index (χ4v) is 3.82. The molecule has 1 fully saturated rings. The Morgan fingerprint density at radius 2 is 1.92 bits per heavy atom. The Balaban J connectivity index is 1.68. The smallest absolute Gasteiger partial charge is 0.410 e. The molecule has 0 aromatic carbocycles.